The highest BCUT2D eigenvalue weighted by Crippen LogP contribution is 2.50. The molecule has 1 aromatic rings. The van der Waals surface area contributed by atoms with Gasteiger partial charge >= 0.3 is 0 Å². The van der Waals surface area contributed by atoms with Crippen LogP contribution in [0.5, 0.6) is 11.5 Å². The van der Waals surface area contributed by atoms with Crippen molar-refractivity contribution in [2.24, 2.45) is 5.73 Å². The maximum absolute atomic E-state index is 13.9. The summed E-state index contributed by atoms with van der Waals surface area (Å²) in [6.07, 6.45) is 1.92. The minimum absolute atomic E-state index is 0.153. The largest absolute Gasteiger partial charge is 0.486 e. The lowest BCUT2D eigenvalue weighted by atomic mass is 9.95. The van der Waals surface area contributed by atoms with Crippen molar-refractivity contribution in [3.8, 4) is 11.5 Å². The average molecular weight is 223 g/mol. The van der Waals surface area contributed by atoms with E-state index < -0.39 is 0 Å². The quantitative estimate of drug-likeness (QED) is 0.828. The van der Waals surface area contributed by atoms with Crippen LogP contribution < -0.4 is 15.2 Å². The summed E-state index contributed by atoms with van der Waals surface area (Å²) in [7, 11) is 0. The molecule has 3 nitrogen and oxygen atoms in total. The zero-order valence-corrected chi connectivity index (χ0v) is 8.96. The molecule has 1 aliphatic heterocycles. The first-order valence-corrected chi connectivity index (χ1v) is 5.55. The fourth-order valence-corrected chi connectivity index (χ4v) is 2.20. The summed E-state index contributed by atoms with van der Waals surface area (Å²) in [5, 5.41) is 0. The molecule has 0 saturated heterocycles. The molecule has 4 heteroatoms. The first-order chi connectivity index (χ1) is 7.75. The van der Waals surface area contributed by atoms with E-state index in [2.05, 4.69) is 0 Å². The monoisotopic (exact) mass is 223 g/mol. The zero-order valence-electron chi connectivity index (χ0n) is 8.96. The van der Waals surface area contributed by atoms with Gasteiger partial charge in [0.05, 0.1) is 0 Å². The summed E-state index contributed by atoms with van der Waals surface area (Å²) in [6.45, 7) is 1.49. The zero-order chi connectivity index (χ0) is 11.2. The molecule has 3 rings (SSSR count). The lowest BCUT2D eigenvalue weighted by molar-refractivity contribution is 0.170. The molecule has 0 atom stereocenters. The van der Waals surface area contributed by atoms with Crippen LogP contribution in [0.15, 0.2) is 12.1 Å². The predicted octanol–water partition coefficient (Wildman–Crippen LogP) is 1.59. The fourth-order valence-electron chi connectivity index (χ4n) is 2.20. The number of benzene rings is 1. The third kappa shape index (κ3) is 1.37. The van der Waals surface area contributed by atoms with Crippen LogP contribution in [0, 0.1) is 5.82 Å². The number of hydrogen-bond donors (Lipinski definition) is 1. The van der Waals surface area contributed by atoms with Gasteiger partial charge in [0.1, 0.15) is 19.0 Å². The normalized spacial score (nSPS) is 20.6. The Balaban J connectivity index is 2.06. The SMILES string of the molecule is NCC1(c2cc3c(cc2F)OCCO3)CC1. The molecule has 1 fully saturated rings. The van der Waals surface area contributed by atoms with E-state index >= 15 is 0 Å². The van der Waals surface area contributed by atoms with Crippen LogP contribution in [-0.2, 0) is 5.41 Å². The maximum Gasteiger partial charge on any atom is 0.164 e. The minimum atomic E-state index is -0.229. The maximum atomic E-state index is 13.9. The highest BCUT2D eigenvalue weighted by molar-refractivity contribution is 5.48. The molecule has 0 amide bonds. The van der Waals surface area contributed by atoms with Crippen molar-refractivity contribution in [1.82, 2.24) is 0 Å². The Labute approximate surface area is 93.3 Å². The number of fused-ring (bicyclic) bond motifs is 1. The standard InChI is InChI=1S/C12H14FNO2/c13-9-6-11-10(15-3-4-16-11)5-8(9)12(7-14)1-2-12/h5-6H,1-4,7,14H2. The lowest BCUT2D eigenvalue weighted by Gasteiger charge is -2.21. The van der Waals surface area contributed by atoms with Gasteiger partial charge < -0.3 is 15.2 Å². The Hall–Kier alpha value is -1.29. The number of halogens is 1. The van der Waals surface area contributed by atoms with Gasteiger partial charge in [0.15, 0.2) is 11.5 Å². The van der Waals surface area contributed by atoms with E-state index in [9.17, 15) is 4.39 Å². The molecule has 1 saturated carbocycles. The topological polar surface area (TPSA) is 44.5 Å². The molecular formula is C12H14FNO2. The third-order valence-corrected chi connectivity index (χ3v) is 3.45. The number of hydrogen-bond acceptors (Lipinski definition) is 3. The van der Waals surface area contributed by atoms with Gasteiger partial charge in [0.25, 0.3) is 0 Å². The Morgan fingerprint density at radius 1 is 1.19 bits per heavy atom. The minimum Gasteiger partial charge on any atom is -0.486 e. The first-order valence-electron chi connectivity index (χ1n) is 5.55. The highest BCUT2D eigenvalue weighted by Gasteiger charge is 2.45. The molecule has 86 valence electrons. The highest BCUT2D eigenvalue weighted by atomic mass is 19.1. The molecular weight excluding hydrogens is 209 g/mol. The smallest absolute Gasteiger partial charge is 0.164 e. The van der Waals surface area contributed by atoms with Crippen LogP contribution in [0.25, 0.3) is 0 Å². The molecule has 1 aromatic carbocycles. The Kier molecular flexibility index (Phi) is 2.07. The summed E-state index contributed by atoms with van der Waals surface area (Å²) in [4.78, 5) is 0. The predicted molar refractivity (Wildman–Crippen MR) is 57.4 cm³/mol. The first kappa shape index (κ1) is 9.90. The lowest BCUT2D eigenvalue weighted by Crippen LogP contribution is -2.22. The summed E-state index contributed by atoms with van der Waals surface area (Å²) < 4.78 is 24.7. The second kappa shape index (κ2) is 3.35. The van der Waals surface area contributed by atoms with Crippen LogP contribution in [0.1, 0.15) is 18.4 Å². The van der Waals surface area contributed by atoms with Gasteiger partial charge in [-0.15, -0.1) is 0 Å². The second-order valence-electron chi connectivity index (χ2n) is 4.46. The van der Waals surface area contributed by atoms with E-state index in [4.69, 9.17) is 15.2 Å². The van der Waals surface area contributed by atoms with E-state index in [1.807, 2.05) is 0 Å². The average Bonchev–Trinajstić information content (AvgIpc) is 3.09. The van der Waals surface area contributed by atoms with E-state index in [-0.39, 0.29) is 11.2 Å². The molecule has 16 heavy (non-hydrogen) atoms. The second-order valence-corrected chi connectivity index (χ2v) is 4.46. The van der Waals surface area contributed by atoms with Crippen LogP contribution in [0.3, 0.4) is 0 Å². The Morgan fingerprint density at radius 3 is 2.38 bits per heavy atom. The molecule has 0 unspecified atom stereocenters. The molecule has 2 aliphatic rings. The van der Waals surface area contributed by atoms with Crippen LogP contribution >= 0.6 is 0 Å². The van der Waals surface area contributed by atoms with Gasteiger partial charge in [-0.1, -0.05) is 0 Å². The van der Waals surface area contributed by atoms with E-state index in [1.54, 1.807) is 6.07 Å². The van der Waals surface area contributed by atoms with Gasteiger partial charge in [-0.25, -0.2) is 4.39 Å². The Bertz CT molecular complexity index is 429. The molecule has 0 spiro atoms. The van der Waals surface area contributed by atoms with Crippen molar-refractivity contribution in [1.29, 1.82) is 0 Å². The van der Waals surface area contributed by atoms with Crippen LogP contribution in [-0.4, -0.2) is 19.8 Å². The van der Waals surface area contributed by atoms with Gasteiger partial charge in [-0.05, 0) is 24.5 Å². The molecule has 2 N–H and O–H groups in total. The molecule has 0 bridgehead atoms. The molecule has 1 heterocycles. The van der Waals surface area contributed by atoms with Crippen molar-refractivity contribution in [3.05, 3.63) is 23.5 Å². The summed E-state index contributed by atoms with van der Waals surface area (Å²) in [5.41, 5.74) is 6.23. The number of rotatable bonds is 2. The molecule has 0 radical (unpaired) electrons. The fraction of sp³-hybridized carbons (Fsp3) is 0.500. The summed E-state index contributed by atoms with van der Waals surface area (Å²) in [6, 6.07) is 3.17. The van der Waals surface area contributed by atoms with Crippen LogP contribution in [0.2, 0.25) is 0 Å². The number of ether oxygens (including phenoxy) is 2. The van der Waals surface area contributed by atoms with Crippen LogP contribution in [0.4, 0.5) is 4.39 Å². The summed E-state index contributed by atoms with van der Waals surface area (Å²) >= 11 is 0. The van der Waals surface area contributed by atoms with Crippen molar-refractivity contribution >= 4 is 0 Å². The van der Waals surface area contributed by atoms with Gasteiger partial charge in [0.2, 0.25) is 0 Å². The number of nitrogens with two attached hydrogens (primary N) is 1. The van der Waals surface area contributed by atoms with E-state index in [1.165, 1.54) is 6.07 Å². The summed E-state index contributed by atoms with van der Waals surface area (Å²) in [5.74, 6) is 0.912. The third-order valence-electron chi connectivity index (χ3n) is 3.45. The van der Waals surface area contributed by atoms with Crippen molar-refractivity contribution < 1.29 is 13.9 Å². The van der Waals surface area contributed by atoms with Gasteiger partial charge in [-0.3, -0.25) is 0 Å². The van der Waals surface area contributed by atoms with Crippen molar-refractivity contribution in [3.63, 3.8) is 0 Å². The van der Waals surface area contributed by atoms with Gasteiger partial charge in [-0.2, -0.15) is 0 Å². The van der Waals surface area contributed by atoms with Crippen molar-refractivity contribution in [2.45, 2.75) is 18.3 Å². The molecule has 0 aromatic heterocycles. The molecule has 1 aliphatic carbocycles. The van der Waals surface area contributed by atoms with Gasteiger partial charge in [0, 0.05) is 18.0 Å². The van der Waals surface area contributed by atoms with E-state index in [0.29, 0.717) is 36.8 Å². The van der Waals surface area contributed by atoms with Crippen molar-refractivity contribution in [2.75, 3.05) is 19.8 Å². The Morgan fingerprint density at radius 2 is 1.81 bits per heavy atom. The van der Waals surface area contributed by atoms with E-state index in [0.717, 1.165) is 12.8 Å².